The van der Waals surface area contributed by atoms with Gasteiger partial charge in [-0.15, -0.1) is 24.0 Å². The van der Waals surface area contributed by atoms with Gasteiger partial charge in [-0.25, -0.2) is 0 Å². The molecule has 1 rings (SSSR count). The Hall–Kier alpha value is -0.120. The molecule has 1 aliphatic heterocycles. The van der Waals surface area contributed by atoms with Gasteiger partial charge >= 0.3 is 0 Å². The standard InChI is InChI=1S/C20H41N3O3.HI/c1-5-21-20(23-12-8-19(17(3)4)26-6-2)22-11-7-13-25-16-18-9-14-24-15-10-18;/h17-19H,5-16H2,1-4H3,(H2,21,22,23);1H. The fraction of sp³-hybridized carbons (Fsp3) is 0.950. The fourth-order valence-corrected chi connectivity index (χ4v) is 3.02. The van der Waals surface area contributed by atoms with Crippen LogP contribution in [0, 0.1) is 11.8 Å². The third-order valence-corrected chi connectivity index (χ3v) is 4.60. The normalized spacial score (nSPS) is 16.9. The molecule has 0 aliphatic carbocycles. The summed E-state index contributed by atoms with van der Waals surface area (Å²) in [6.07, 6.45) is 4.50. The van der Waals surface area contributed by atoms with Crippen LogP contribution in [0.2, 0.25) is 0 Å². The van der Waals surface area contributed by atoms with Gasteiger partial charge in [-0.2, -0.15) is 0 Å². The lowest BCUT2D eigenvalue weighted by Crippen LogP contribution is -2.39. The van der Waals surface area contributed by atoms with Crippen LogP contribution in [-0.4, -0.2) is 64.7 Å². The fourth-order valence-electron chi connectivity index (χ4n) is 3.02. The van der Waals surface area contributed by atoms with Crippen LogP contribution in [-0.2, 0) is 14.2 Å². The number of aliphatic imine (C=N–C) groups is 1. The van der Waals surface area contributed by atoms with Gasteiger partial charge in [0.25, 0.3) is 0 Å². The third kappa shape index (κ3) is 13.7. The highest BCUT2D eigenvalue weighted by atomic mass is 127. The summed E-state index contributed by atoms with van der Waals surface area (Å²) in [5, 5.41) is 6.71. The Morgan fingerprint density at radius 1 is 1.19 bits per heavy atom. The summed E-state index contributed by atoms with van der Waals surface area (Å²) in [7, 11) is 0. The van der Waals surface area contributed by atoms with Crippen LogP contribution < -0.4 is 10.6 Å². The zero-order valence-electron chi connectivity index (χ0n) is 17.8. The van der Waals surface area contributed by atoms with Crippen LogP contribution in [0.5, 0.6) is 0 Å². The van der Waals surface area contributed by atoms with Crippen LogP contribution in [0.25, 0.3) is 0 Å². The zero-order chi connectivity index (χ0) is 19.0. The van der Waals surface area contributed by atoms with Gasteiger partial charge < -0.3 is 24.8 Å². The molecule has 1 saturated heterocycles. The first-order valence-corrected chi connectivity index (χ1v) is 10.5. The molecule has 1 heterocycles. The first-order valence-electron chi connectivity index (χ1n) is 10.5. The number of halogens is 1. The Balaban J connectivity index is 0.00000676. The molecule has 162 valence electrons. The van der Waals surface area contributed by atoms with E-state index in [1.54, 1.807) is 0 Å². The molecule has 0 aromatic carbocycles. The minimum atomic E-state index is 0. The van der Waals surface area contributed by atoms with Crippen molar-refractivity contribution in [3.05, 3.63) is 0 Å². The van der Waals surface area contributed by atoms with Crippen LogP contribution in [0.1, 0.15) is 53.4 Å². The van der Waals surface area contributed by atoms with Gasteiger partial charge in [0, 0.05) is 52.7 Å². The van der Waals surface area contributed by atoms with Crippen molar-refractivity contribution in [1.29, 1.82) is 0 Å². The smallest absolute Gasteiger partial charge is 0.191 e. The Kier molecular flexibility index (Phi) is 17.9. The van der Waals surface area contributed by atoms with Crippen molar-refractivity contribution in [2.45, 2.75) is 59.5 Å². The Morgan fingerprint density at radius 3 is 2.56 bits per heavy atom. The van der Waals surface area contributed by atoms with Gasteiger partial charge in [-0.1, -0.05) is 13.8 Å². The second-order valence-corrected chi connectivity index (χ2v) is 7.20. The van der Waals surface area contributed by atoms with Crippen molar-refractivity contribution >= 4 is 29.9 Å². The molecule has 0 bridgehead atoms. The molecule has 0 saturated carbocycles. The van der Waals surface area contributed by atoms with Crippen molar-refractivity contribution in [2.75, 3.05) is 52.7 Å². The van der Waals surface area contributed by atoms with E-state index in [4.69, 9.17) is 14.2 Å². The van der Waals surface area contributed by atoms with E-state index in [1.807, 2.05) is 0 Å². The minimum absolute atomic E-state index is 0. The van der Waals surface area contributed by atoms with E-state index >= 15 is 0 Å². The monoisotopic (exact) mass is 499 g/mol. The van der Waals surface area contributed by atoms with Crippen molar-refractivity contribution in [1.82, 2.24) is 10.6 Å². The van der Waals surface area contributed by atoms with Crippen molar-refractivity contribution in [3.63, 3.8) is 0 Å². The minimum Gasteiger partial charge on any atom is -0.381 e. The quantitative estimate of drug-likeness (QED) is 0.176. The van der Waals surface area contributed by atoms with Gasteiger partial charge in [-0.3, -0.25) is 4.99 Å². The Labute approximate surface area is 183 Å². The van der Waals surface area contributed by atoms with Crippen molar-refractivity contribution in [3.8, 4) is 0 Å². The molecule has 0 spiro atoms. The summed E-state index contributed by atoms with van der Waals surface area (Å²) >= 11 is 0. The maximum absolute atomic E-state index is 5.80. The lowest BCUT2D eigenvalue weighted by Gasteiger charge is -2.22. The molecule has 0 aromatic heterocycles. The molecule has 6 nitrogen and oxygen atoms in total. The van der Waals surface area contributed by atoms with Gasteiger partial charge in [0.2, 0.25) is 0 Å². The molecule has 0 aromatic rings. The SMILES string of the molecule is CCNC(=NCCCOCC1CCOCC1)NCCC(OCC)C(C)C.I. The molecular weight excluding hydrogens is 457 g/mol. The van der Waals surface area contributed by atoms with Gasteiger partial charge in [0.15, 0.2) is 5.96 Å². The predicted octanol–water partition coefficient (Wildman–Crippen LogP) is 3.44. The van der Waals surface area contributed by atoms with E-state index in [0.29, 0.717) is 17.9 Å². The van der Waals surface area contributed by atoms with E-state index < -0.39 is 0 Å². The molecule has 1 atom stereocenters. The highest BCUT2D eigenvalue weighted by Gasteiger charge is 2.14. The van der Waals surface area contributed by atoms with Crippen LogP contribution >= 0.6 is 24.0 Å². The maximum Gasteiger partial charge on any atom is 0.191 e. The second-order valence-electron chi connectivity index (χ2n) is 7.20. The second kappa shape index (κ2) is 17.9. The Bertz CT molecular complexity index is 364. The first-order chi connectivity index (χ1) is 12.7. The number of hydrogen-bond donors (Lipinski definition) is 2. The van der Waals surface area contributed by atoms with Gasteiger partial charge in [0.1, 0.15) is 0 Å². The Morgan fingerprint density at radius 2 is 1.93 bits per heavy atom. The van der Waals surface area contributed by atoms with E-state index in [9.17, 15) is 0 Å². The predicted molar refractivity (Wildman–Crippen MR) is 123 cm³/mol. The molecule has 2 N–H and O–H groups in total. The largest absolute Gasteiger partial charge is 0.381 e. The molecule has 0 radical (unpaired) electrons. The van der Waals surface area contributed by atoms with E-state index in [2.05, 4.69) is 43.3 Å². The number of nitrogens with zero attached hydrogens (tertiary/aromatic N) is 1. The summed E-state index contributed by atoms with van der Waals surface area (Å²) in [4.78, 5) is 4.64. The number of nitrogens with one attached hydrogen (secondary N) is 2. The zero-order valence-corrected chi connectivity index (χ0v) is 20.1. The molecular formula is C20H42IN3O3. The summed E-state index contributed by atoms with van der Waals surface area (Å²) in [5.41, 5.74) is 0. The molecule has 1 fully saturated rings. The van der Waals surface area contributed by atoms with E-state index in [1.165, 1.54) is 0 Å². The summed E-state index contributed by atoms with van der Waals surface area (Å²) in [5.74, 6) is 2.09. The van der Waals surface area contributed by atoms with Crippen LogP contribution in [0.4, 0.5) is 0 Å². The lowest BCUT2D eigenvalue weighted by atomic mass is 10.0. The van der Waals surface area contributed by atoms with Crippen LogP contribution in [0.15, 0.2) is 4.99 Å². The number of hydrogen-bond acceptors (Lipinski definition) is 4. The highest BCUT2D eigenvalue weighted by molar-refractivity contribution is 14.0. The van der Waals surface area contributed by atoms with Crippen molar-refractivity contribution in [2.24, 2.45) is 16.8 Å². The van der Waals surface area contributed by atoms with Gasteiger partial charge in [0.05, 0.1) is 6.10 Å². The summed E-state index contributed by atoms with van der Waals surface area (Å²) in [6, 6.07) is 0. The molecule has 27 heavy (non-hydrogen) atoms. The van der Waals surface area contributed by atoms with Crippen LogP contribution in [0.3, 0.4) is 0 Å². The molecule has 1 unspecified atom stereocenters. The topological polar surface area (TPSA) is 64.1 Å². The van der Waals surface area contributed by atoms with E-state index in [-0.39, 0.29) is 24.0 Å². The summed E-state index contributed by atoms with van der Waals surface area (Å²) < 4.78 is 17.0. The maximum atomic E-state index is 5.80. The number of guanidine groups is 1. The van der Waals surface area contributed by atoms with Crippen molar-refractivity contribution < 1.29 is 14.2 Å². The summed E-state index contributed by atoms with van der Waals surface area (Å²) in [6.45, 7) is 15.3. The number of ether oxygens (including phenoxy) is 3. The average Bonchev–Trinajstić information content (AvgIpc) is 2.64. The third-order valence-electron chi connectivity index (χ3n) is 4.60. The molecule has 0 amide bonds. The van der Waals surface area contributed by atoms with Gasteiger partial charge in [-0.05, 0) is 51.4 Å². The molecule has 1 aliphatic rings. The number of rotatable bonds is 13. The lowest BCUT2D eigenvalue weighted by molar-refractivity contribution is 0.0205. The average molecular weight is 499 g/mol. The highest BCUT2D eigenvalue weighted by Crippen LogP contribution is 2.14. The first kappa shape index (κ1) is 26.9. The molecule has 7 heteroatoms. The van der Waals surface area contributed by atoms with E-state index in [0.717, 1.165) is 84.3 Å².